The second-order valence-corrected chi connectivity index (χ2v) is 8.37. The lowest BCUT2D eigenvalue weighted by Crippen LogP contribution is -2.35. The van der Waals surface area contributed by atoms with E-state index in [0.29, 0.717) is 38.7 Å². The molecule has 0 aliphatic heterocycles. The van der Waals surface area contributed by atoms with E-state index in [4.69, 9.17) is 16.3 Å². The summed E-state index contributed by atoms with van der Waals surface area (Å²) in [5, 5.41) is 0.486. The number of esters is 1. The summed E-state index contributed by atoms with van der Waals surface area (Å²) in [6, 6.07) is 12.1. The van der Waals surface area contributed by atoms with E-state index in [0.717, 1.165) is 0 Å². The first kappa shape index (κ1) is 25.2. The predicted octanol–water partition coefficient (Wildman–Crippen LogP) is 5.14. The van der Waals surface area contributed by atoms with Crippen molar-refractivity contribution in [2.75, 3.05) is 13.2 Å². The highest BCUT2D eigenvalue weighted by Crippen LogP contribution is 2.24. The van der Waals surface area contributed by atoms with E-state index in [1.807, 2.05) is 0 Å². The number of ketones is 1. The first-order valence-corrected chi connectivity index (χ1v) is 11.2. The lowest BCUT2D eigenvalue weighted by Gasteiger charge is -2.23. The summed E-state index contributed by atoms with van der Waals surface area (Å²) in [5.74, 6) is -1.58. The van der Waals surface area contributed by atoms with Gasteiger partial charge in [-0.05, 0) is 68.3 Å². The Bertz CT molecular complexity index is 1220. The fourth-order valence-corrected chi connectivity index (χ4v) is 4.04. The topological polar surface area (TPSA) is 68.6 Å². The molecule has 0 fully saturated rings. The van der Waals surface area contributed by atoms with E-state index < -0.39 is 11.8 Å². The molecule has 2 aromatic carbocycles. The third-order valence-electron chi connectivity index (χ3n) is 5.68. The number of halogens is 2. The molecular weight excluding hydrogens is 459 g/mol. The van der Waals surface area contributed by atoms with Gasteiger partial charge in [0.05, 0.1) is 13.2 Å². The number of carbonyl (C=O) groups is 3. The number of hydrogen-bond acceptors (Lipinski definition) is 4. The number of carbonyl (C=O) groups excluding carboxylic acids is 3. The molecule has 0 radical (unpaired) electrons. The Morgan fingerprint density at radius 2 is 1.65 bits per heavy atom. The van der Waals surface area contributed by atoms with Crippen molar-refractivity contribution in [1.82, 2.24) is 9.47 Å². The van der Waals surface area contributed by atoms with Gasteiger partial charge in [-0.2, -0.15) is 0 Å². The van der Waals surface area contributed by atoms with Gasteiger partial charge in [0.25, 0.3) is 5.91 Å². The minimum absolute atomic E-state index is 0.100. The molecule has 1 heterocycles. The van der Waals surface area contributed by atoms with Crippen molar-refractivity contribution in [3.8, 4) is 0 Å². The maximum Gasteiger partial charge on any atom is 0.355 e. The van der Waals surface area contributed by atoms with Crippen molar-refractivity contribution in [1.29, 1.82) is 0 Å². The smallest absolute Gasteiger partial charge is 0.355 e. The molecule has 1 amide bonds. The number of hydrogen-bond donors (Lipinski definition) is 0. The number of benzene rings is 2. The number of aromatic nitrogens is 1. The van der Waals surface area contributed by atoms with Crippen LogP contribution in [0.1, 0.15) is 54.9 Å². The van der Waals surface area contributed by atoms with Gasteiger partial charge in [0.15, 0.2) is 5.78 Å². The van der Waals surface area contributed by atoms with Gasteiger partial charge in [-0.15, -0.1) is 0 Å². The standard InChI is InChI=1S/C26H26ClFN2O4/c1-5-34-26(33)24-16(2)23(17(3)29(24)4)22(31)15-30(14-18-6-12-21(28)13-7-18)25(32)19-8-10-20(27)11-9-19/h6-13H,5,14-15H2,1-4H3. The molecule has 0 atom stereocenters. The van der Waals surface area contributed by atoms with Crippen molar-refractivity contribution in [2.45, 2.75) is 27.3 Å². The lowest BCUT2D eigenvalue weighted by molar-refractivity contribution is 0.0514. The zero-order valence-corrected chi connectivity index (χ0v) is 20.3. The van der Waals surface area contributed by atoms with Crippen LogP contribution in [0.2, 0.25) is 5.02 Å². The van der Waals surface area contributed by atoms with E-state index in [-0.39, 0.29) is 31.4 Å². The summed E-state index contributed by atoms with van der Waals surface area (Å²) >= 11 is 5.95. The number of ether oxygens (including phenoxy) is 1. The second kappa shape index (κ2) is 10.7. The molecule has 1 aromatic heterocycles. The molecule has 178 valence electrons. The fourth-order valence-electron chi connectivity index (χ4n) is 3.91. The summed E-state index contributed by atoms with van der Waals surface area (Å²) < 4.78 is 20.1. The third kappa shape index (κ3) is 5.37. The summed E-state index contributed by atoms with van der Waals surface area (Å²) in [7, 11) is 1.69. The quantitative estimate of drug-likeness (QED) is 0.328. The van der Waals surface area contributed by atoms with E-state index >= 15 is 0 Å². The summed E-state index contributed by atoms with van der Waals surface area (Å²) in [5.41, 5.74) is 2.82. The number of amides is 1. The van der Waals surface area contributed by atoms with E-state index in [1.54, 1.807) is 68.8 Å². The molecule has 0 saturated carbocycles. The molecule has 0 N–H and O–H groups in total. The summed E-state index contributed by atoms with van der Waals surface area (Å²) in [4.78, 5) is 40.6. The molecular formula is C26H26ClFN2O4. The molecule has 0 aliphatic rings. The Morgan fingerprint density at radius 1 is 1.03 bits per heavy atom. The molecule has 8 heteroatoms. The van der Waals surface area contributed by atoms with E-state index in [2.05, 4.69) is 0 Å². The van der Waals surface area contributed by atoms with Gasteiger partial charge in [0.2, 0.25) is 0 Å². The lowest BCUT2D eigenvalue weighted by atomic mass is 10.0. The SMILES string of the molecule is CCOC(=O)c1c(C)c(C(=O)CN(Cc2ccc(F)cc2)C(=O)c2ccc(Cl)cc2)c(C)n1C. The van der Waals surface area contributed by atoms with Gasteiger partial charge in [0, 0.05) is 35.4 Å². The summed E-state index contributed by atoms with van der Waals surface area (Å²) in [6.07, 6.45) is 0. The Balaban J connectivity index is 1.95. The van der Waals surface area contributed by atoms with Gasteiger partial charge in [-0.3, -0.25) is 9.59 Å². The fraction of sp³-hybridized carbons (Fsp3) is 0.269. The Kier molecular flexibility index (Phi) is 7.89. The highest BCUT2D eigenvalue weighted by molar-refractivity contribution is 6.30. The molecule has 6 nitrogen and oxygen atoms in total. The van der Waals surface area contributed by atoms with Gasteiger partial charge in [-0.25, -0.2) is 9.18 Å². The van der Waals surface area contributed by atoms with Crippen LogP contribution in [0, 0.1) is 19.7 Å². The average Bonchev–Trinajstić information content (AvgIpc) is 3.03. The largest absolute Gasteiger partial charge is 0.461 e. The van der Waals surface area contributed by atoms with Crippen molar-refractivity contribution in [3.05, 3.63) is 93.0 Å². The first-order chi connectivity index (χ1) is 16.1. The number of Topliss-reactive ketones (excluding diaryl/α,β-unsaturated/α-hetero) is 1. The molecule has 0 saturated heterocycles. The highest BCUT2D eigenvalue weighted by atomic mass is 35.5. The van der Waals surface area contributed by atoms with Crippen LogP contribution in [-0.2, 0) is 18.3 Å². The number of rotatable bonds is 8. The van der Waals surface area contributed by atoms with Gasteiger partial charge < -0.3 is 14.2 Å². The Labute approximate surface area is 202 Å². The molecule has 0 unspecified atom stereocenters. The van der Waals surface area contributed by atoms with Gasteiger partial charge >= 0.3 is 5.97 Å². The molecule has 0 spiro atoms. The van der Waals surface area contributed by atoms with Crippen molar-refractivity contribution in [2.24, 2.45) is 7.05 Å². The van der Waals surface area contributed by atoms with E-state index in [1.165, 1.54) is 17.0 Å². The van der Waals surface area contributed by atoms with Gasteiger partial charge in [0.1, 0.15) is 11.5 Å². The molecule has 34 heavy (non-hydrogen) atoms. The molecule has 0 aliphatic carbocycles. The minimum atomic E-state index is -0.509. The molecule has 3 aromatic rings. The first-order valence-electron chi connectivity index (χ1n) is 10.8. The van der Waals surface area contributed by atoms with Crippen LogP contribution in [0.15, 0.2) is 48.5 Å². The zero-order valence-electron chi connectivity index (χ0n) is 19.5. The van der Waals surface area contributed by atoms with Crippen LogP contribution < -0.4 is 0 Å². The normalized spacial score (nSPS) is 10.8. The van der Waals surface area contributed by atoms with E-state index in [9.17, 15) is 18.8 Å². The Morgan fingerprint density at radius 3 is 2.24 bits per heavy atom. The average molecular weight is 485 g/mol. The Hall–Kier alpha value is -3.45. The third-order valence-corrected chi connectivity index (χ3v) is 5.93. The van der Waals surface area contributed by atoms with Crippen LogP contribution in [0.4, 0.5) is 4.39 Å². The minimum Gasteiger partial charge on any atom is -0.461 e. The van der Waals surface area contributed by atoms with Crippen LogP contribution in [0.25, 0.3) is 0 Å². The number of nitrogens with zero attached hydrogens (tertiary/aromatic N) is 2. The van der Waals surface area contributed by atoms with Crippen LogP contribution >= 0.6 is 11.6 Å². The van der Waals surface area contributed by atoms with Crippen molar-refractivity contribution >= 4 is 29.3 Å². The zero-order chi connectivity index (χ0) is 25.0. The van der Waals surface area contributed by atoms with Gasteiger partial charge in [-0.1, -0.05) is 23.7 Å². The maximum absolute atomic E-state index is 13.4. The van der Waals surface area contributed by atoms with Crippen LogP contribution in [0.5, 0.6) is 0 Å². The van der Waals surface area contributed by atoms with Crippen LogP contribution in [-0.4, -0.2) is 40.3 Å². The molecule has 0 bridgehead atoms. The van der Waals surface area contributed by atoms with Crippen LogP contribution in [0.3, 0.4) is 0 Å². The monoisotopic (exact) mass is 484 g/mol. The van der Waals surface area contributed by atoms with Crippen molar-refractivity contribution in [3.63, 3.8) is 0 Å². The second-order valence-electron chi connectivity index (χ2n) is 7.93. The molecule has 3 rings (SSSR count). The van der Waals surface area contributed by atoms with Crippen molar-refractivity contribution < 1.29 is 23.5 Å². The predicted molar refractivity (Wildman–Crippen MR) is 128 cm³/mol. The summed E-state index contributed by atoms with van der Waals surface area (Å²) in [6.45, 7) is 5.24. The highest BCUT2D eigenvalue weighted by Gasteiger charge is 2.28. The maximum atomic E-state index is 13.4.